The van der Waals surface area contributed by atoms with Crippen LogP contribution in [0.4, 0.5) is 0 Å². The number of Topliss-reactive ketones (excluding diaryl/α,β-unsaturated/α-hetero) is 1. The van der Waals surface area contributed by atoms with Gasteiger partial charge in [0.15, 0.2) is 5.78 Å². The van der Waals surface area contributed by atoms with Gasteiger partial charge in [0.05, 0.1) is 15.6 Å². The largest absolute Gasteiger partial charge is 0.477 e. The molecule has 1 aromatic heterocycles. The lowest BCUT2D eigenvalue weighted by atomic mass is 10.1. The number of fused-ring (bicyclic) bond motifs is 1. The summed E-state index contributed by atoms with van der Waals surface area (Å²) in [5.74, 6) is -1.42. The number of rotatable bonds is 4. The molecule has 0 aliphatic carbocycles. The number of hydrogen-bond acceptors (Lipinski definition) is 2. The van der Waals surface area contributed by atoms with Gasteiger partial charge in [-0.3, -0.25) is 4.79 Å². The van der Waals surface area contributed by atoms with Crippen molar-refractivity contribution in [2.24, 2.45) is 0 Å². The smallest absolute Gasteiger partial charge is 0.353 e. The highest BCUT2D eigenvalue weighted by atomic mass is 35.5. The molecule has 0 bridgehead atoms. The summed E-state index contributed by atoms with van der Waals surface area (Å²) in [6, 6.07) is 12.3. The van der Waals surface area contributed by atoms with Crippen molar-refractivity contribution >= 4 is 45.9 Å². The van der Waals surface area contributed by atoms with Crippen LogP contribution in [0.2, 0.25) is 10.0 Å². The standard InChI is InChI=1S/C18H13Cl2NO3/c1-10(22)16-12-4-2-3-5-15(12)21(17(16)18(23)24)9-11-6-7-13(19)14(20)8-11/h2-8H,9H2,1H3,(H,23,24). The molecule has 0 amide bonds. The van der Waals surface area contributed by atoms with E-state index in [0.717, 1.165) is 5.56 Å². The number of carboxylic acids is 1. The maximum Gasteiger partial charge on any atom is 0.353 e. The molecule has 0 unspecified atom stereocenters. The van der Waals surface area contributed by atoms with Gasteiger partial charge in [-0.2, -0.15) is 0 Å². The zero-order valence-electron chi connectivity index (χ0n) is 12.7. The average molecular weight is 362 g/mol. The Kier molecular flexibility index (Phi) is 4.35. The number of ketones is 1. The molecule has 0 saturated heterocycles. The Morgan fingerprint density at radius 3 is 2.42 bits per heavy atom. The maximum atomic E-state index is 12.0. The quantitative estimate of drug-likeness (QED) is 0.672. The number of para-hydroxylation sites is 1. The molecule has 3 aromatic rings. The monoisotopic (exact) mass is 361 g/mol. The van der Waals surface area contributed by atoms with E-state index in [9.17, 15) is 14.7 Å². The van der Waals surface area contributed by atoms with Crippen LogP contribution in [0.25, 0.3) is 10.9 Å². The number of aromatic carboxylic acids is 1. The highest BCUT2D eigenvalue weighted by Crippen LogP contribution is 2.29. The zero-order chi connectivity index (χ0) is 17.4. The minimum atomic E-state index is -1.14. The van der Waals surface area contributed by atoms with Gasteiger partial charge in [0.25, 0.3) is 0 Å². The van der Waals surface area contributed by atoms with Crippen molar-refractivity contribution in [2.45, 2.75) is 13.5 Å². The van der Waals surface area contributed by atoms with E-state index in [1.54, 1.807) is 41.0 Å². The van der Waals surface area contributed by atoms with Crippen LogP contribution in [-0.2, 0) is 6.54 Å². The summed E-state index contributed by atoms with van der Waals surface area (Å²) in [6.07, 6.45) is 0. The molecule has 0 radical (unpaired) electrons. The second-order valence-corrected chi connectivity index (χ2v) is 6.25. The highest BCUT2D eigenvalue weighted by molar-refractivity contribution is 6.42. The molecule has 0 saturated carbocycles. The normalized spacial score (nSPS) is 11.0. The summed E-state index contributed by atoms with van der Waals surface area (Å²) in [4.78, 5) is 23.8. The van der Waals surface area contributed by atoms with Crippen LogP contribution in [-0.4, -0.2) is 21.4 Å². The molecule has 0 spiro atoms. The van der Waals surface area contributed by atoms with Gasteiger partial charge in [-0.25, -0.2) is 4.79 Å². The minimum absolute atomic E-state index is 0.0187. The van der Waals surface area contributed by atoms with Crippen molar-refractivity contribution < 1.29 is 14.7 Å². The Hall–Kier alpha value is -2.30. The first kappa shape index (κ1) is 16.6. The lowest BCUT2D eigenvalue weighted by molar-refractivity contribution is 0.0681. The van der Waals surface area contributed by atoms with Gasteiger partial charge in [0.1, 0.15) is 5.69 Å². The topological polar surface area (TPSA) is 59.3 Å². The fraction of sp³-hybridized carbons (Fsp3) is 0.111. The Morgan fingerprint density at radius 1 is 1.08 bits per heavy atom. The number of carboxylic acid groups (broad SMARTS) is 1. The molecule has 122 valence electrons. The lowest BCUT2D eigenvalue weighted by Crippen LogP contribution is -2.13. The Bertz CT molecular complexity index is 976. The van der Waals surface area contributed by atoms with E-state index in [2.05, 4.69) is 0 Å². The summed E-state index contributed by atoms with van der Waals surface area (Å²) in [6.45, 7) is 1.64. The second-order valence-electron chi connectivity index (χ2n) is 5.44. The third-order valence-electron chi connectivity index (χ3n) is 3.85. The lowest BCUT2D eigenvalue weighted by Gasteiger charge is -2.10. The number of nitrogens with zero attached hydrogens (tertiary/aromatic N) is 1. The molecule has 2 aromatic carbocycles. The summed E-state index contributed by atoms with van der Waals surface area (Å²) in [7, 11) is 0. The number of benzene rings is 2. The van der Waals surface area contributed by atoms with Crippen LogP contribution in [0.5, 0.6) is 0 Å². The van der Waals surface area contributed by atoms with Crippen molar-refractivity contribution in [1.29, 1.82) is 0 Å². The summed E-state index contributed by atoms with van der Waals surface area (Å²) in [5, 5.41) is 11.1. The van der Waals surface area contributed by atoms with Crippen molar-refractivity contribution in [3.63, 3.8) is 0 Å². The van der Waals surface area contributed by atoms with Crippen LogP contribution in [0.1, 0.15) is 33.3 Å². The minimum Gasteiger partial charge on any atom is -0.477 e. The predicted octanol–water partition coefficient (Wildman–Crippen LogP) is 4.90. The SMILES string of the molecule is CC(=O)c1c(C(=O)O)n(Cc2ccc(Cl)c(Cl)c2)c2ccccc12. The Morgan fingerprint density at radius 2 is 1.79 bits per heavy atom. The van der Waals surface area contributed by atoms with Gasteiger partial charge in [0.2, 0.25) is 0 Å². The first-order valence-electron chi connectivity index (χ1n) is 7.19. The van der Waals surface area contributed by atoms with Gasteiger partial charge in [-0.1, -0.05) is 47.5 Å². The van der Waals surface area contributed by atoms with Gasteiger partial charge >= 0.3 is 5.97 Å². The number of carbonyl (C=O) groups is 2. The molecular weight excluding hydrogens is 349 g/mol. The van der Waals surface area contributed by atoms with Crippen LogP contribution in [0.3, 0.4) is 0 Å². The molecule has 0 aliphatic heterocycles. The molecule has 0 aliphatic rings. The zero-order valence-corrected chi connectivity index (χ0v) is 14.2. The van der Waals surface area contributed by atoms with Crippen LogP contribution < -0.4 is 0 Å². The average Bonchev–Trinajstić information content (AvgIpc) is 2.86. The molecule has 4 nitrogen and oxygen atoms in total. The van der Waals surface area contributed by atoms with Crippen molar-refractivity contribution in [3.05, 3.63) is 69.3 Å². The third-order valence-corrected chi connectivity index (χ3v) is 4.59. The van der Waals surface area contributed by atoms with Crippen molar-refractivity contribution in [3.8, 4) is 0 Å². The van der Waals surface area contributed by atoms with Crippen molar-refractivity contribution in [1.82, 2.24) is 4.57 Å². The van der Waals surface area contributed by atoms with Crippen LogP contribution in [0.15, 0.2) is 42.5 Å². The Labute approximate surface area is 148 Å². The number of hydrogen-bond donors (Lipinski definition) is 1. The molecule has 0 atom stereocenters. The fourth-order valence-electron chi connectivity index (χ4n) is 2.87. The first-order valence-corrected chi connectivity index (χ1v) is 7.95. The van der Waals surface area contributed by atoms with Crippen molar-refractivity contribution in [2.75, 3.05) is 0 Å². The summed E-state index contributed by atoms with van der Waals surface area (Å²) < 4.78 is 1.62. The highest BCUT2D eigenvalue weighted by Gasteiger charge is 2.24. The first-order chi connectivity index (χ1) is 11.4. The number of halogens is 2. The number of carbonyl (C=O) groups excluding carboxylic acids is 1. The molecule has 0 fully saturated rings. The molecule has 3 rings (SSSR count). The molecular formula is C18H13Cl2NO3. The fourth-order valence-corrected chi connectivity index (χ4v) is 3.19. The van der Waals surface area contributed by atoms with Gasteiger partial charge in [-0.05, 0) is 30.7 Å². The van der Waals surface area contributed by atoms with E-state index in [1.165, 1.54) is 6.92 Å². The number of aromatic nitrogens is 1. The van der Waals surface area contributed by atoms with E-state index < -0.39 is 5.97 Å². The van der Waals surface area contributed by atoms with E-state index in [0.29, 0.717) is 20.9 Å². The molecule has 1 heterocycles. The summed E-state index contributed by atoms with van der Waals surface area (Å²) >= 11 is 12.0. The second kappa shape index (κ2) is 6.30. The van der Waals surface area contributed by atoms with E-state index in [4.69, 9.17) is 23.2 Å². The molecule has 24 heavy (non-hydrogen) atoms. The van der Waals surface area contributed by atoms with Crippen LogP contribution in [0, 0.1) is 0 Å². The van der Waals surface area contributed by atoms with Crippen LogP contribution >= 0.6 is 23.2 Å². The molecule has 1 N–H and O–H groups in total. The van der Waals surface area contributed by atoms with Gasteiger partial charge in [-0.15, -0.1) is 0 Å². The third kappa shape index (κ3) is 2.79. The predicted molar refractivity (Wildman–Crippen MR) is 94.5 cm³/mol. The van der Waals surface area contributed by atoms with Gasteiger partial charge in [0, 0.05) is 17.4 Å². The van der Waals surface area contributed by atoms with E-state index in [1.807, 2.05) is 6.07 Å². The van der Waals surface area contributed by atoms with Gasteiger partial charge < -0.3 is 9.67 Å². The van der Waals surface area contributed by atoms with E-state index in [-0.39, 0.29) is 23.6 Å². The molecule has 6 heteroatoms. The Balaban J connectivity index is 2.26. The maximum absolute atomic E-state index is 12.0. The van der Waals surface area contributed by atoms with E-state index >= 15 is 0 Å². The summed E-state index contributed by atoms with van der Waals surface area (Å²) in [5.41, 5.74) is 1.68.